The van der Waals surface area contributed by atoms with Crippen LogP contribution >= 0.6 is 0 Å². The summed E-state index contributed by atoms with van der Waals surface area (Å²) in [7, 11) is 1.69. The number of H-pyrrole nitrogens is 1. The SMILES string of the molecule is COc1cccc(-c2ccc3c(c2)C(Nc2ccc4[nH]ccc4c2)=NC(C2=CCCN=C2)N3)c1. The van der Waals surface area contributed by atoms with Crippen molar-refractivity contribution >= 4 is 34.3 Å². The molecule has 0 bridgehead atoms. The highest BCUT2D eigenvalue weighted by Gasteiger charge is 2.24. The molecule has 3 aromatic carbocycles. The third-order valence-corrected chi connectivity index (χ3v) is 6.24. The minimum absolute atomic E-state index is 0.183. The summed E-state index contributed by atoms with van der Waals surface area (Å²) in [6, 6.07) is 22.9. The van der Waals surface area contributed by atoms with Crippen molar-refractivity contribution in [2.24, 2.45) is 9.98 Å². The molecule has 34 heavy (non-hydrogen) atoms. The third kappa shape index (κ3) is 3.83. The van der Waals surface area contributed by atoms with E-state index in [4.69, 9.17) is 9.73 Å². The topological polar surface area (TPSA) is 73.8 Å². The maximum absolute atomic E-state index is 5.43. The molecule has 0 saturated heterocycles. The van der Waals surface area contributed by atoms with Crippen LogP contribution in [0.25, 0.3) is 22.0 Å². The predicted octanol–water partition coefficient (Wildman–Crippen LogP) is 5.85. The Kier molecular flexibility index (Phi) is 5.11. The van der Waals surface area contributed by atoms with Crippen LogP contribution in [0, 0.1) is 0 Å². The number of hydrogen-bond donors (Lipinski definition) is 3. The van der Waals surface area contributed by atoms with Crippen molar-refractivity contribution in [2.75, 3.05) is 24.3 Å². The average molecular weight is 448 g/mol. The zero-order valence-corrected chi connectivity index (χ0v) is 18.9. The van der Waals surface area contributed by atoms with Crippen molar-refractivity contribution in [3.05, 3.63) is 90.1 Å². The molecule has 1 aromatic heterocycles. The first-order valence-corrected chi connectivity index (χ1v) is 11.4. The molecule has 3 N–H and O–H groups in total. The van der Waals surface area contributed by atoms with E-state index in [-0.39, 0.29) is 6.17 Å². The highest BCUT2D eigenvalue weighted by atomic mass is 16.5. The molecule has 168 valence electrons. The van der Waals surface area contributed by atoms with Gasteiger partial charge in [-0.05, 0) is 66.1 Å². The second-order valence-electron chi connectivity index (χ2n) is 8.45. The smallest absolute Gasteiger partial charge is 0.148 e. The molecular weight excluding hydrogens is 422 g/mol. The summed E-state index contributed by atoms with van der Waals surface area (Å²) < 4.78 is 5.43. The van der Waals surface area contributed by atoms with Gasteiger partial charge in [0.25, 0.3) is 0 Å². The molecule has 2 aliphatic heterocycles. The van der Waals surface area contributed by atoms with Gasteiger partial charge in [-0.1, -0.05) is 24.3 Å². The lowest BCUT2D eigenvalue weighted by Crippen LogP contribution is -2.31. The van der Waals surface area contributed by atoms with Crippen LogP contribution in [-0.2, 0) is 0 Å². The van der Waals surface area contributed by atoms with Crippen LogP contribution in [0.4, 0.5) is 11.4 Å². The molecule has 4 aromatic rings. The summed E-state index contributed by atoms with van der Waals surface area (Å²) in [5.74, 6) is 1.67. The first-order chi connectivity index (χ1) is 16.8. The number of anilines is 2. The molecule has 6 nitrogen and oxygen atoms in total. The highest BCUT2D eigenvalue weighted by Crippen LogP contribution is 2.32. The number of ether oxygens (including phenoxy) is 1. The Balaban J connectivity index is 1.42. The Morgan fingerprint density at radius 3 is 2.82 bits per heavy atom. The van der Waals surface area contributed by atoms with Crippen LogP contribution in [0.15, 0.2) is 94.6 Å². The number of nitrogens with one attached hydrogen (secondary N) is 3. The number of nitrogens with zero attached hydrogens (tertiary/aromatic N) is 2. The fourth-order valence-electron chi connectivity index (χ4n) is 4.46. The lowest BCUT2D eigenvalue weighted by Gasteiger charge is -2.28. The molecule has 1 unspecified atom stereocenters. The number of aromatic amines is 1. The standard InChI is InChI=1S/C28H25N5O/c1-34-23-6-2-4-18(15-23)19-7-9-26-24(16-19)28(33-27(32-26)21-5-3-12-29-17-21)31-22-8-10-25-20(14-22)11-13-30-25/h2,4-11,13-17,27,30,32H,3,12H2,1H3,(H,31,33). The van der Waals surface area contributed by atoms with Gasteiger partial charge in [-0.3, -0.25) is 4.99 Å². The molecular formula is C28H25N5O. The number of benzene rings is 3. The highest BCUT2D eigenvalue weighted by molar-refractivity contribution is 6.14. The molecule has 6 heteroatoms. The van der Waals surface area contributed by atoms with Crippen molar-refractivity contribution < 1.29 is 4.74 Å². The predicted molar refractivity (Wildman–Crippen MR) is 140 cm³/mol. The van der Waals surface area contributed by atoms with Gasteiger partial charge in [-0.25, -0.2) is 4.99 Å². The lowest BCUT2D eigenvalue weighted by atomic mass is 9.99. The lowest BCUT2D eigenvalue weighted by molar-refractivity contribution is 0.415. The van der Waals surface area contributed by atoms with Gasteiger partial charge < -0.3 is 20.4 Å². The Labute approximate surface area is 198 Å². The van der Waals surface area contributed by atoms with E-state index >= 15 is 0 Å². The molecule has 0 aliphatic carbocycles. The molecule has 6 rings (SSSR count). The van der Waals surface area contributed by atoms with E-state index in [9.17, 15) is 0 Å². The van der Waals surface area contributed by atoms with Crippen molar-refractivity contribution in [1.29, 1.82) is 0 Å². The maximum Gasteiger partial charge on any atom is 0.148 e. The number of methoxy groups -OCH3 is 1. The van der Waals surface area contributed by atoms with E-state index in [2.05, 4.69) is 75.2 Å². The molecule has 2 aliphatic rings. The Hall–Kier alpha value is -4.32. The van der Waals surface area contributed by atoms with Gasteiger partial charge in [0, 0.05) is 52.4 Å². The largest absolute Gasteiger partial charge is 0.497 e. The molecule has 0 amide bonds. The normalized spacial score (nSPS) is 16.9. The van der Waals surface area contributed by atoms with E-state index in [1.165, 1.54) is 0 Å². The fourth-order valence-corrected chi connectivity index (χ4v) is 4.46. The summed E-state index contributed by atoms with van der Waals surface area (Å²) in [6.07, 6.45) is 6.86. The number of amidine groups is 1. The maximum atomic E-state index is 5.43. The van der Waals surface area contributed by atoms with Crippen molar-refractivity contribution in [1.82, 2.24) is 4.98 Å². The quantitative estimate of drug-likeness (QED) is 0.367. The second kappa shape index (κ2) is 8.56. The number of hydrogen-bond acceptors (Lipinski definition) is 5. The number of rotatable bonds is 4. The van der Waals surface area contributed by atoms with Gasteiger partial charge in [0.15, 0.2) is 0 Å². The van der Waals surface area contributed by atoms with E-state index in [0.29, 0.717) is 0 Å². The molecule has 0 radical (unpaired) electrons. The molecule has 0 fully saturated rings. The van der Waals surface area contributed by atoms with Crippen molar-refractivity contribution in [2.45, 2.75) is 12.6 Å². The van der Waals surface area contributed by atoms with Gasteiger partial charge in [-0.2, -0.15) is 0 Å². The van der Waals surface area contributed by atoms with Gasteiger partial charge in [0.1, 0.15) is 17.8 Å². The molecule has 1 atom stereocenters. The summed E-state index contributed by atoms with van der Waals surface area (Å²) in [6.45, 7) is 0.836. The summed E-state index contributed by atoms with van der Waals surface area (Å²) in [5, 5.41) is 8.34. The minimum Gasteiger partial charge on any atom is -0.497 e. The molecule has 0 spiro atoms. The monoisotopic (exact) mass is 447 g/mol. The number of aromatic nitrogens is 1. The Morgan fingerprint density at radius 1 is 1.00 bits per heavy atom. The van der Waals surface area contributed by atoms with E-state index in [1.807, 2.05) is 30.6 Å². The van der Waals surface area contributed by atoms with Crippen molar-refractivity contribution in [3.8, 4) is 16.9 Å². The number of dihydropyridines is 1. The second-order valence-corrected chi connectivity index (χ2v) is 8.45. The number of aliphatic imine (C=N–C) groups is 2. The summed E-state index contributed by atoms with van der Waals surface area (Å²) in [5.41, 5.74) is 7.46. The number of fused-ring (bicyclic) bond motifs is 2. The zero-order chi connectivity index (χ0) is 22.9. The van der Waals surface area contributed by atoms with Crippen LogP contribution in [0.5, 0.6) is 5.75 Å². The zero-order valence-electron chi connectivity index (χ0n) is 18.9. The van der Waals surface area contributed by atoms with Gasteiger partial charge >= 0.3 is 0 Å². The average Bonchev–Trinajstić information content (AvgIpc) is 3.37. The minimum atomic E-state index is -0.183. The summed E-state index contributed by atoms with van der Waals surface area (Å²) in [4.78, 5) is 12.8. The molecule has 0 saturated carbocycles. The van der Waals surface area contributed by atoms with E-state index < -0.39 is 0 Å². The van der Waals surface area contributed by atoms with Gasteiger partial charge in [-0.15, -0.1) is 0 Å². The Morgan fingerprint density at radius 2 is 1.94 bits per heavy atom. The fraction of sp³-hybridized carbons (Fsp3) is 0.143. The van der Waals surface area contributed by atoms with Crippen molar-refractivity contribution in [3.63, 3.8) is 0 Å². The van der Waals surface area contributed by atoms with Crippen LogP contribution in [0.1, 0.15) is 12.0 Å². The Bertz CT molecular complexity index is 1460. The third-order valence-electron chi connectivity index (χ3n) is 6.24. The molecule has 3 heterocycles. The first-order valence-electron chi connectivity index (χ1n) is 11.4. The van der Waals surface area contributed by atoms with Crippen LogP contribution in [0.3, 0.4) is 0 Å². The summed E-state index contributed by atoms with van der Waals surface area (Å²) >= 11 is 0. The van der Waals surface area contributed by atoms with Crippen LogP contribution < -0.4 is 15.4 Å². The van der Waals surface area contributed by atoms with Crippen LogP contribution in [-0.4, -0.2) is 36.9 Å². The van der Waals surface area contributed by atoms with Gasteiger partial charge in [0.2, 0.25) is 0 Å². The first kappa shape index (κ1) is 20.3. The van der Waals surface area contributed by atoms with Gasteiger partial charge in [0.05, 0.1) is 7.11 Å². The van der Waals surface area contributed by atoms with E-state index in [1.54, 1.807) is 7.11 Å². The van der Waals surface area contributed by atoms with E-state index in [0.717, 1.165) is 69.1 Å². The van der Waals surface area contributed by atoms with Crippen LogP contribution in [0.2, 0.25) is 0 Å².